The molecule has 350 valence electrons. The van der Waals surface area contributed by atoms with Crippen LogP contribution in [0.2, 0.25) is 0 Å². The summed E-state index contributed by atoms with van der Waals surface area (Å²) in [5, 5.41) is 12.8. The second-order valence-electron chi connectivity index (χ2n) is 19.6. The summed E-state index contributed by atoms with van der Waals surface area (Å²) in [4.78, 5) is 2.38. The van der Waals surface area contributed by atoms with E-state index in [-0.39, 0.29) is 0 Å². The highest BCUT2D eigenvalue weighted by Gasteiger charge is 2.18. The Morgan fingerprint density at radius 2 is 0.680 bits per heavy atom. The molecule has 0 N–H and O–H groups in total. The minimum Gasteiger partial charge on any atom is -0.311 e. The summed E-state index contributed by atoms with van der Waals surface area (Å²) >= 11 is 1.90. The number of para-hydroxylation sites is 2. The number of fused-ring (bicyclic) bond motifs is 11. The fourth-order valence-electron chi connectivity index (χ4n) is 11.7. The van der Waals surface area contributed by atoms with Crippen molar-refractivity contribution in [2.24, 2.45) is 0 Å². The van der Waals surface area contributed by atoms with Crippen LogP contribution in [-0.2, 0) is 0 Å². The maximum atomic E-state index is 2.39. The van der Waals surface area contributed by atoms with Gasteiger partial charge in [0, 0.05) is 53.7 Å². The van der Waals surface area contributed by atoms with Crippen molar-refractivity contribution in [1.29, 1.82) is 0 Å². The number of anilines is 3. The fourth-order valence-corrected chi connectivity index (χ4v) is 13.0. The Morgan fingerprint density at radius 1 is 0.253 bits per heavy atom. The monoisotopic (exact) mass is 970 g/mol. The zero-order chi connectivity index (χ0) is 49.4. The lowest BCUT2D eigenvalue weighted by molar-refractivity contribution is 1.18. The van der Waals surface area contributed by atoms with Crippen molar-refractivity contribution < 1.29 is 0 Å². The summed E-state index contributed by atoms with van der Waals surface area (Å²) in [6, 6.07) is 103. The first kappa shape index (κ1) is 43.1. The second kappa shape index (κ2) is 17.6. The maximum absolute atomic E-state index is 2.39. The van der Waals surface area contributed by atoms with Crippen molar-refractivity contribution in [1.82, 2.24) is 4.57 Å². The molecule has 0 aliphatic heterocycles. The topological polar surface area (TPSA) is 8.17 Å². The lowest BCUT2D eigenvalue weighted by Crippen LogP contribution is -2.09. The van der Waals surface area contributed by atoms with Gasteiger partial charge in [0.25, 0.3) is 0 Å². The summed E-state index contributed by atoms with van der Waals surface area (Å²) in [7, 11) is 0. The van der Waals surface area contributed by atoms with Crippen LogP contribution in [0.25, 0.3) is 124 Å². The molecule has 0 radical (unpaired) electrons. The van der Waals surface area contributed by atoms with E-state index >= 15 is 0 Å². The number of hydrogen-bond donors (Lipinski definition) is 0. The van der Waals surface area contributed by atoms with E-state index in [1.165, 1.54) is 113 Å². The highest BCUT2D eigenvalue weighted by atomic mass is 32.1. The van der Waals surface area contributed by atoms with Crippen molar-refractivity contribution in [3.8, 4) is 50.2 Å². The molecular formula is C72H46N2S. The van der Waals surface area contributed by atoms with E-state index in [0.717, 1.165) is 28.3 Å². The van der Waals surface area contributed by atoms with E-state index in [2.05, 4.69) is 289 Å². The van der Waals surface area contributed by atoms with E-state index in [1.54, 1.807) is 0 Å². The summed E-state index contributed by atoms with van der Waals surface area (Å²) in [5.74, 6) is 0. The first-order valence-corrected chi connectivity index (χ1v) is 26.5. The van der Waals surface area contributed by atoms with Crippen LogP contribution in [-0.4, -0.2) is 4.57 Å². The first-order chi connectivity index (χ1) is 37.2. The Hall–Kier alpha value is -9.54. The third-order valence-electron chi connectivity index (χ3n) is 15.4. The molecule has 15 rings (SSSR count). The standard InChI is InChI=1S/C72H46N2S/c1-3-15-61-51(11-1)27-28-54-29-30-56(46-68(54)61)49-25-23-47(24-26-49)48-31-38-57(39-32-48)73(59-42-35-53(36-43-59)63-19-10-20-66-67-44-37-52-12-2-4-16-62(52)72(67)75-71(63)66)58-40-33-50(34-41-58)55-13-9-14-60(45-55)74-69-21-7-5-17-64(69)65-18-6-8-22-70(65)74/h1-46H. The van der Waals surface area contributed by atoms with Crippen molar-refractivity contribution in [2.75, 3.05) is 4.90 Å². The smallest absolute Gasteiger partial charge is 0.0541 e. The molecule has 0 aliphatic carbocycles. The number of thiophene rings is 1. The molecule has 0 bridgehead atoms. The zero-order valence-corrected chi connectivity index (χ0v) is 41.7. The van der Waals surface area contributed by atoms with Gasteiger partial charge in [-0.25, -0.2) is 0 Å². The van der Waals surface area contributed by atoms with Crippen molar-refractivity contribution in [3.63, 3.8) is 0 Å². The van der Waals surface area contributed by atoms with Crippen LogP contribution in [0.1, 0.15) is 0 Å². The van der Waals surface area contributed by atoms with Crippen molar-refractivity contribution in [3.05, 3.63) is 279 Å². The van der Waals surface area contributed by atoms with E-state index in [1.807, 2.05) is 11.3 Å². The van der Waals surface area contributed by atoms with Crippen molar-refractivity contribution in [2.45, 2.75) is 0 Å². The third kappa shape index (κ3) is 7.31. The number of rotatable bonds is 8. The molecule has 2 nitrogen and oxygen atoms in total. The average molecular weight is 971 g/mol. The lowest BCUT2D eigenvalue weighted by atomic mass is 9.96. The van der Waals surface area contributed by atoms with Crippen LogP contribution < -0.4 is 4.90 Å². The minimum atomic E-state index is 1.09. The SMILES string of the molecule is c1cc(-c2ccc(N(c3ccc(-c4ccc(-c5ccc6ccc7ccccc7c6c5)cc4)cc3)c3ccc(-c4cccc5c4sc4c6ccccc6ccc54)cc3)cc2)cc(-n2c3ccccc3c3ccccc32)c1. The molecule has 2 aromatic heterocycles. The van der Waals surface area contributed by atoms with Crippen molar-refractivity contribution >= 4 is 103 Å². The molecule has 0 fully saturated rings. The van der Waals surface area contributed by atoms with E-state index < -0.39 is 0 Å². The molecule has 13 aromatic carbocycles. The van der Waals surface area contributed by atoms with Gasteiger partial charge in [0.05, 0.1) is 11.0 Å². The molecule has 0 saturated carbocycles. The van der Waals surface area contributed by atoms with Crippen LogP contribution >= 0.6 is 11.3 Å². The molecule has 0 atom stereocenters. The van der Waals surface area contributed by atoms with Crippen LogP contribution in [0.4, 0.5) is 17.1 Å². The normalized spacial score (nSPS) is 11.7. The van der Waals surface area contributed by atoms with E-state index in [0.29, 0.717) is 0 Å². The third-order valence-corrected chi connectivity index (χ3v) is 16.7. The highest BCUT2D eigenvalue weighted by Crippen LogP contribution is 2.45. The predicted octanol–water partition coefficient (Wildman–Crippen LogP) is 20.7. The molecule has 2 heterocycles. The van der Waals surface area contributed by atoms with Crippen LogP contribution in [0.3, 0.4) is 0 Å². The highest BCUT2D eigenvalue weighted by molar-refractivity contribution is 7.27. The van der Waals surface area contributed by atoms with E-state index in [9.17, 15) is 0 Å². The van der Waals surface area contributed by atoms with Gasteiger partial charge in [-0.15, -0.1) is 11.3 Å². The molecule has 0 saturated heterocycles. The molecule has 0 spiro atoms. The molecule has 0 aliphatic rings. The lowest BCUT2D eigenvalue weighted by Gasteiger charge is -2.26. The van der Waals surface area contributed by atoms with Crippen LogP contribution in [0.15, 0.2) is 279 Å². The number of aromatic nitrogens is 1. The molecular weight excluding hydrogens is 925 g/mol. The molecule has 0 unspecified atom stereocenters. The minimum absolute atomic E-state index is 1.09. The summed E-state index contributed by atoms with van der Waals surface area (Å²) in [5.41, 5.74) is 16.4. The first-order valence-electron chi connectivity index (χ1n) is 25.7. The Kier molecular flexibility index (Phi) is 10.1. The van der Waals surface area contributed by atoms with Gasteiger partial charge in [0.1, 0.15) is 0 Å². The van der Waals surface area contributed by atoms with Crippen LogP contribution in [0, 0.1) is 0 Å². The van der Waals surface area contributed by atoms with Gasteiger partial charge in [0.2, 0.25) is 0 Å². The van der Waals surface area contributed by atoms with Gasteiger partial charge >= 0.3 is 0 Å². The molecule has 3 heteroatoms. The van der Waals surface area contributed by atoms with Gasteiger partial charge in [-0.1, -0.05) is 212 Å². The number of benzene rings is 13. The Labute approximate surface area is 438 Å². The Bertz CT molecular complexity index is 4620. The fraction of sp³-hybridized carbons (Fsp3) is 0. The Morgan fingerprint density at radius 3 is 1.32 bits per heavy atom. The molecule has 75 heavy (non-hydrogen) atoms. The number of hydrogen-bond acceptors (Lipinski definition) is 2. The maximum Gasteiger partial charge on any atom is 0.0541 e. The average Bonchev–Trinajstić information content (AvgIpc) is 4.09. The van der Waals surface area contributed by atoms with Gasteiger partial charge in [0.15, 0.2) is 0 Å². The summed E-state index contributed by atoms with van der Waals surface area (Å²) in [6.45, 7) is 0. The van der Waals surface area contributed by atoms with Gasteiger partial charge in [-0.05, 0) is 144 Å². The quantitative estimate of drug-likeness (QED) is 0.138. The summed E-state index contributed by atoms with van der Waals surface area (Å²) in [6.07, 6.45) is 0. The zero-order valence-electron chi connectivity index (χ0n) is 40.9. The van der Waals surface area contributed by atoms with Gasteiger partial charge in [-0.2, -0.15) is 0 Å². The second-order valence-corrected chi connectivity index (χ2v) is 20.7. The van der Waals surface area contributed by atoms with E-state index in [4.69, 9.17) is 0 Å². The molecule has 15 aromatic rings. The molecule has 0 amide bonds. The number of nitrogens with zero attached hydrogens (tertiary/aromatic N) is 2. The predicted molar refractivity (Wildman–Crippen MR) is 323 cm³/mol. The van der Waals surface area contributed by atoms with Gasteiger partial charge < -0.3 is 9.47 Å². The summed E-state index contributed by atoms with van der Waals surface area (Å²) < 4.78 is 5.06. The largest absolute Gasteiger partial charge is 0.311 e. The van der Waals surface area contributed by atoms with Crippen LogP contribution in [0.5, 0.6) is 0 Å². The Balaban J connectivity index is 0.784. The van der Waals surface area contributed by atoms with Gasteiger partial charge in [-0.3, -0.25) is 0 Å².